The highest BCUT2D eigenvalue weighted by atomic mass is 32.1. The molecule has 3 rings (SSSR count). The fourth-order valence-corrected chi connectivity index (χ4v) is 3.41. The summed E-state index contributed by atoms with van der Waals surface area (Å²) in [5.41, 5.74) is 5.32. The van der Waals surface area contributed by atoms with Gasteiger partial charge in [-0.25, -0.2) is 4.98 Å². The summed E-state index contributed by atoms with van der Waals surface area (Å²) in [6, 6.07) is 10.6. The Labute approximate surface area is 122 Å². The Morgan fingerprint density at radius 2 is 2.10 bits per heavy atom. The average molecular weight is 283 g/mol. The fraction of sp³-hybridized carbons (Fsp3) is 0.250. The van der Waals surface area contributed by atoms with E-state index in [1.54, 1.807) is 11.3 Å². The van der Waals surface area contributed by atoms with Crippen LogP contribution < -0.4 is 5.32 Å². The van der Waals surface area contributed by atoms with Crippen LogP contribution in [0.2, 0.25) is 0 Å². The molecule has 0 saturated carbocycles. The van der Waals surface area contributed by atoms with Crippen LogP contribution in [0.1, 0.15) is 29.1 Å². The van der Waals surface area contributed by atoms with E-state index in [1.807, 2.05) is 17.8 Å². The maximum absolute atomic E-state index is 4.45. The van der Waals surface area contributed by atoms with Crippen LogP contribution in [0.3, 0.4) is 0 Å². The van der Waals surface area contributed by atoms with Gasteiger partial charge in [-0.1, -0.05) is 25.1 Å². The van der Waals surface area contributed by atoms with Crippen molar-refractivity contribution in [2.24, 2.45) is 0 Å². The third-order valence-corrected chi connectivity index (χ3v) is 4.44. The summed E-state index contributed by atoms with van der Waals surface area (Å²) < 4.78 is 0. The van der Waals surface area contributed by atoms with Crippen LogP contribution in [0.4, 0.5) is 0 Å². The largest absolute Gasteiger partial charge is 0.306 e. The van der Waals surface area contributed by atoms with Crippen molar-refractivity contribution in [1.82, 2.24) is 15.3 Å². The van der Waals surface area contributed by atoms with Crippen LogP contribution in [0.5, 0.6) is 0 Å². The van der Waals surface area contributed by atoms with Crippen molar-refractivity contribution < 1.29 is 0 Å². The summed E-state index contributed by atoms with van der Waals surface area (Å²) in [5, 5.41) is 4.78. The Balaban J connectivity index is 2.17. The summed E-state index contributed by atoms with van der Waals surface area (Å²) in [7, 11) is 0. The molecule has 1 N–H and O–H groups in total. The van der Waals surface area contributed by atoms with Crippen LogP contribution in [0, 0.1) is 6.92 Å². The first-order valence-corrected chi connectivity index (χ1v) is 7.66. The summed E-state index contributed by atoms with van der Waals surface area (Å²) in [6.07, 6.45) is 1.84. The molecule has 2 heterocycles. The zero-order valence-electron chi connectivity index (χ0n) is 11.6. The molecule has 0 aliphatic heterocycles. The van der Waals surface area contributed by atoms with E-state index in [0.717, 1.165) is 17.8 Å². The van der Waals surface area contributed by atoms with Crippen molar-refractivity contribution in [2.45, 2.75) is 19.9 Å². The second-order valence-corrected chi connectivity index (χ2v) is 5.60. The van der Waals surface area contributed by atoms with Gasteiger partial charge >= 0.3 is 0 Å². The van der Waals surface area contributed by atoms with Crippen molar-refractivity contribution >= 4 is 22.2 Å². The number of hydrogen-bond acceptors (Lipinski definition) is 4. The topological polar surface area (TPSA) is 37.8 Å². The minimum absolute atomic E-state index is 0.181. The number of fused-ring (bicyclic) bond motifs is 1. The highest BCUT2D eigenvalue weighted by Gasteiger charge is 2.19. The van der Waals surface area contributed by atoms with Gasteiger partial charge in [0.25, 0.3) is 0 Å². The summed E-state index contributed by atoms with van der Waals surface area (Å²) in [4.78, 5) is 10.1. The quantitative estimate of drug-likeness (QED) is 0.793. The number of nitrogens with zero attached hydrogens (tertiary/aromatic N) is 2. The van der Waals surface area contributed by atoms with E-state index < -0.39 is 0 Å². The molecule has 0 bridgehead atoms. The molecule has 0 fully saturated rings. The van der Waals surface area contributed by atoms with E-state index in [-0.39, 0.29) is 6.04 Å². The van der Waals surface area contributed by atoms with Gasteiger partial charge in [0, 0.05) is 16.5 Å². The first-order valence-electron chi connectivity index (χ1n) is 6.78. The number of pyridine rings is 1. The Morgan fingerprint density at radius 1 is 1.20 bits per heavy atom. The van der Waals surface area contributed by atoms with E-state index in [2.05, 4.69) is 53.4 Å². The number of benzene rings is 1. The van der Waals surface area contributed by atoms with Crippen molar-refractivity contribution in [3.8, 4) is 0 Å². The monoisotopic (exact) mass is 283 g/mol. The van der Waals surface area contributed by atoms with Gasteiger partial charge in [0.1, 0.15) is 0 Å². The lowest BCUT2D eigenvalue weighted by atomic mass is 9.99. The smallest absolute Gasteiger partial charge is 0.0798 e. The van der Waals surface area contributed by atoms with Gasteiger partial charge in [-0.15, -0.1) is 11.3 Å². The third-order valence-electron chi connectivity index (χ3n) is 3.44. The predicted molar refractivity (Wildman–Crippen MR) is 84.1 cm³/mol. The SMILES string of the molecule is CCNC(c1scnc1C)c1cccc2ncccc12. The Hall–Kier alpha value is -1.78. The number of rotatable bonds is 4. The second kappa shape index (κ2) is 5.69. The van der Waals surface area contributed by atoms with Gasteiger partial charge in [0.05, 0.1) is 22.8 Å². The van der Waals surface area contributed by atoms with Crippen molar-refractivity contribution in [1.29, 1.82) is 0 Å². The molecule has 3 aromatic rings. The van der Waals surface area contributed by atoms with Crippen molar-refractivity contribution in [2.75, 3.05) is 6.54 Å². The molecule has 1 aromatic carbocycles. The van der Waals surface area contributed by atoms with E-state index in [1.165, 1.54) is 15.8 Å². The number of aryl methyl sites for hydroxylation is 1. The average Bonchev–Trinajstić information content (AvgIpc) is 2.90. The van der Waals surface area contributed by atoms with E-state index in [4.69, 9.17) is 0 Å². The number of hydrogen-bond donors (Lipinski definition) is 1. The van der Waals surface area contributed by atoms with E-state index >= 15 is 0 Å². The lowest BCUT2D eigenvalue weighted by molar-refractivity contribution is 0.639. The Bertz CT molecular complexity index is 715. The Kier molecular flexibility index (Phi) is 3.76. The third kappa shape index (κ3) is 2.32. The molecule has 0 radical (unpaired) electrons. The van der Waals surface area contributed by atoms with Crippen LogP contribution in [-0.4, -0.2) is 16.5 Å². The fourth-order valence-electron chi connectivity index (χ4n) is 2.51. The molecule has 3 nitrogen and oxygen atoms in total. The van der Waals surface area contributed by atoms with Crippen LogP contribution in [-0.2, 0) is 0 Å². The van der Waals surface area contributed by atoms with Gasteiger partial charge in [-0.2, -0.15) is 0 Å². The van der Waals surface area contributed by atoms with E-state index in [0.29, 0.717) is 0 Å². The molecule has 0 aliphatic rings. The summed E-state index contributed by atoms with van der Waals surface area (Å²) in [6.45, 7) is 5.12. The molecule has 2 aromatic heterocycles. The maximum atomic E-state index is 4.45. The molecule has 0 spiro atoms. The van der Waals surface area contributed by atoms with Crippen molar-refractivity contribution in [3.05, 3.63) is 58.2 Å². The van der Waals surface area contributed by atoms with Gasteiger partial charge in [-0.05, 0) is 31.2 Å². The molecule has 102 valence electrons. The number of nitrogens with one attached hydrogen (secondary N) is 1. The zero-order chi connectivity index (χ0) is 13.9. The minimum Gasteiger partial charge on any atom is -0.306 e. The lowest BCUT2D eigenvalue weighted by Gasteiger charge is -2.19. The molecular formula is C16H17N3S. The van der Waals surface area contributed by atoms with Crippen LogP contribution >= 0.6 is 11.3 Å². The molecule has 0 saturated heterocycles. The second-order valence-electron chi connectivity index (χ2n) is 4.71. The number of thiazole rings is 1. The molecule has 4 heteroatoms. The molecular weight excluding hydrogens is 266 g/mol. The molecule has 0 amide bonds. The first kappa shape index (κ1) is 13.2. The Morgan fingerprint density at radius 3 is 2.85 bits per heavy atom. The molecule has 1 unspecified atom stereocenters. The normalized spacial score (nSPS) is 12.7. The zero-order valence-corrected chi connectivity index (χ0v) is 12.4. The maximum Gasteiger partial charge on any atom is 0.0798 e. The van der Waals surface area contributed by atoms with Gasteiger partial charge in [0.2, 0.25) is 0 Å². The molecule has 0 aliphatic carbocycles. The minimum atomic E-state index is 0.181. The predicted octanol–water partition coefficient (Wildman–Crippen LogP) is 3.70. The first-order chi connectivity index (χ1) is 9.81. The highest BCUT2D eigenvalue weighted by molar-refractivity contribution is 7.09. The number of aromatic nitrogens is 2. The standard InChI is InChI=1S/C16H17N3S/c1-3-17-15(16-11(2)19-10-20-16)13-6-4-8-14-12(13)7-5-9-18-14/h4-10,15,17H,3H2,1-2H3. The summed E-state index contributed by atoms with van der Waals surface area (Å²) in [5.74, 6) is 0. The van der Waals surface area contributed by atoms with Crippen molar-refractivity contribution in [3.63, 3.8) is 0 Å². The highest BCUT2D eigenvalue weighted by Crippen LogP contribution is 2.31. The molecule has 20 heavy (non-hydrogen) atoms. The van der Waals surface area contributed by atoms with Gasteiger partial charge in [0.15, 0.2) is 0 Å². The lowest BCUT2D eigenvalue weighted by Crippen LogP contribution is -2.22. The van der Waals surface area contributed by atoms with Crippen LogP contribution in [0.15, 0.2) is 42.0 Å². The van der Waals surface area contributed by atoms with E-state index in [9.17, 15) is 0 Å². The molecule has 1 atom stereocenters. The van der Waals surface area contributed by atoms with Gasteiger partial charge in [-0.3, -0.25) is 4.98 Å². The van der Waals surface area contributed by atoms with Crippen LogP contribution in [0.25, 0.3) is 10.9 Å². The summed E-state index contributed by atoms with van der Waals surface area (Å²) >= 11 is 1.71. The van der Waals surface area contributed by atoms with Gasteiger partial charge < -0.3 is 5.32 Å².